The van der Waals surface area contributed by atoms with Crippen LogP contribution in [0.25, 0.3) is 0 Å². The SMILES string of the molecule is CN(C(=O)CCc1ccccc1)[C@@H]1CCC[C@@H](N2CCCC2)[C@@H]1O. The van der Waals surface area contributed by atoms with Crippen LogP contribution >= 0.6 is 0 Å². The number of likely N-dealkylation sites (N-methyl/N-ethyl adjacent to an activating group) is 1. The number of nitrogens with zero attached hydrogens (tertiary/aromatic N) is 2. The molecule has 0 bridgehead atoms. The summed E-state index contributed by atoms with van der Waals surface area (Å²) in [5, 5.41) is 10.9. The standard InChI is InChI=1S/C20H30N2O2/c1-21(19(23)13-12-16-8-3-2-4-9-16)17-10-7-11-18(20(17)24)22-14-5-6-15-22/h2-4,8-9,17-18,20,24H,5-7,10-15H2,1H3/t17-,18-,20-/m1/s1. The minimum Gasteiger partial charge on any atom is -0.389 e. The van der Waals surface area contributed by atoms with Gasteiger partial charge in [-0.05, 0) is 57.2 Å². The lowest BCUT2D eigenvalue weighted by Crippen LogP contribution is -2.56. The molecule has 1 amide bonds. The van der Waals surface area contributed by atoms with E-state index in [0.717, 1.165) is 38.8 Å². The molecule has 2 fully saturated rings. The van der Waals surface area contributed by atoms with Crippen LogP contribution in [0.1, 0.15) is 44.1 Å². The average molecular weight is 330 g/mol. The van der Waals surface area contributed by atoms with Gasteiger partial charge in [-0.25, -0.2) is 0 Å². The van der Waals surface area contributed by atoms with Gasteiger partial charge in [0.15, 0.2) is 0 Å². The van der Waals surface area contributed by atoms with Crippen LogP contribution < -0.4 is 0 Å². The number of hydrogen-bond donors (Lipinski definition) is 1. The first-order chi connectivity index (χ1) is 11.7. The molecule has 1 aromatic rings. The Bertz CT molecular complexity index is 528. The maximum atomic E-state index is 12.6. The van der Waals surface area contributed by atoms with E-state index < -0.39 is 6.10 Å². The molecule has 2 aliphatic rings. The summed E-state index contributed by atoms with van der Waals surface area (Å²) in [7, 11) is 1.87. The van der Waals surface area contributed by atoms with Crippen molar-refractivity contribution in [3.05, 3.63) is 35.9 Å². The minimum absolute atomic E-state index is 0.0346. The fourth-order valence-electron chi connectivity index (χ4n) is 4.29. The van der Waals surface area contributed by atoms with Crippen molar-refractivity contribution < 1.29 is 9.90 Å². The Labute approximate surface area is 145 Å². The Morgan fingerprint density at radius 3 is 2.58 bits per heavy atom. The van der Waals surface area contributed by atoms with Crippen LogP contribution in [0.4, 0.5) is 0 Å². The Balaban J connectivity index is 1.56. The number of carbonyl (C=O) groups excluding carboxylic acids is 1. The number of aliphatic hydroxyl groups excluding tert-OH is 1. The molecule has 132 valence electrons. The zero-order valence-corrected chi connectivity index (χ0v) is 14.7. The molecule has 0 aromatic heterocycles. The van der Waals surface area contributed by atoms with Gasteiger partial charge in [0.25, 0.3) is 0 Å². The number of amides is 1. The lowest BCUT2D eigenvalue weighted by Gasteiger charge is -2.43. The van der Waals surface area contributed by atoms with E-state index in [4.69, 9.17) is 0 Å². The summed E-state index contributed by atoms with van der Waals surface area (Å²) in [5.74, 6) is 0.143. The van der Waals surface area contributed by atoms with Crippen LogP contribution in [0.2, 0.25) is 0 Å². The molecule has 0 unspecified atom stereocenters. The molecule has 3 rings (SSSR count). The molecule has 1 saturated heterocycles. The van der Waals surface area contributed by atoms with Gasteiger partial charge in [0.05, 0.1) is 12.1 Å². The summed E-state index contributed by atoms with van der Waals surface area (Å²) >= 11 is 0. The van der Waals surface area contributed by atoms with Crippen molar-refractivity contribution in [2.45, 2.75) is 63.1 Å². The van der Waals surface area contributed by atoms with E-state index in [9.17, 15) is 9.90 Å². The highest BCUT2D eigenvalue weighted by Crippen LogP contribution is 2.29. The number of aryl methyl sites for hydroxylation is 1. The highest BCUT2D eigenvalue weighted by molar-refractivity contribution is 5.76. The summed E-state index contributed by atoms with van der Waals surface area (Å²) in [5.41, 5.74) is 1.19. The van der Waals surface area contributed by atoms with Gasteiger partial charge in [-0.2, -0.15) is 0 Å². The summed E-state index contributed by atoms with van der Waals surface area (Å²) in [6.45, 7) is 2.19. The van der Waals surface area contributed by atoms with Gasteiger partial charge < -0.3 is 10.0 Å². The van der Waals surface area contributed by atoms with Crippen LogP contribution in [-0.2, 0) is 11.2 Å². The highest BCUT2D eigenvalue weighted by Gasteiger charge is 2.39. The number of hydrogen-bond acceptors (Lipinski definition) is 3. The Kier molecular flexibility index (Phi) is 5.90. The van der Waals surface area contributed by atoms with Crippen LogP contribution in [0.3, 0.4) is 0 Å². The van der Waals surface area contributed by atoms with Gasteiger partial charge >= 0.3 is 0 Å². The molecule has 1 N–H and O–H groups in total. The molecule has 1 aromatic carbocycles. The van der Waals surface area contributed by atoms with E-state index in [1.807, 2.05) is 30.1 Å². The third kappa shape index (κ3) is 3.98. The van der Waals surface area contributed by atoms with Crippen molar-refractivity contribution in [2.75, 3.05) is 20.1 Å². The molecule has 1 heterocycles. The number of rotatable bonds is 5. The third-order valence-corrected chi connectivity index (χ3v) is 5.76. The quantitative estimate of drug-likeness (QED) is 0.902. The predicted molar refractivity (Wildman–Crippen MR) is 95.8 cm³/mol. The number of benzene rings is 1. The van der Waals surface area contributed by atoms with Gasteiger partial charge in [0.1, 0.15) is 0 Å². The first-order valence-electron chi connectivity index (χ1n) is 9.38. The van der Waals surface area contributed by atoms with Gasteiger partial charge in [-0.3, -0.25) is 9.69 Å². The minimum atomic E-state index is -0.414. The first-order valence-corrected chi connectivity index (χ1v) is 9.38. The van der Waals surface area contributed by atoms with Gasteiger partial charge in [0.2, 0.25) is 5.91 Å². The summed E-state index contributed by atoms with van der Waals surface area (Å²) in [4.78, 5) is 16.8. The second kappa shape index (κ2) is 8.13. The number of carbonyl (C=O) groups is 1. The second-order valence-electron chi connectivity index (χ2n) is 7.29. The number of likely N-dealkylation sites (tertiary alicyclic amines) is 1. The predicted octanol–water partition coefficient (Wildman–Crippen LogP) is 2.46. The monoisotopic (exact) mass is 330 g/mol. The molecular formula is C20H30N2O2. The summed E-state index contributed by atoms with van der Waals surface area (Å²) in [6.07, 6.45) is 6.41. The maximum Gasteiger partial charge on any atom is 0.222 e. The zero-order valence-electron chi connectivity index (χ0n) is 14.7. The number of aliphatic hydroxyl groups is 1. The van der Waals surface area contributed by atoms with E-state index >= 15 is 0 Å². The van der Waals surface area contributed by atoms with Gasteiger partial charge in [-0.1, -0.05) is 30.3 Å². The van der Waals surface area contributed by atoms with Crippen LogP contribution in [0, 0.1) is 0 Å². The van der Waals surface area contributed by atoms with Crippen molar-refractivity contribution in [3.8, 4) is 0 Å². The Hall–Kier alpha value is -1.39. The molecule has 1 saturated carbocycles. The topological polar surface area (TPSA) is 43.8 Å². The second-order valence-corrected chi connectivity index (χ2v) is 7.29. The van der Waals surface area contributed by atoms with E-state index in [1.54, 1.807) is 0 Å². The molecular weight excluding hydrogens is 300 g/mol. The molecule has 0 radical (unpaired) electrons. The van der Waals surface area contributed by atoms with E-state index in [1.165, 1.54) is 18.4 Å². The maximum absolute atomic E-state index is 12.6. The lowest BCUT2D eigenvalue weighted by molar-refractivity contribution is -0.137. The molecule has 0 spiro atoms. The smallest absolute Gasteiger partial charge is 0.222 e. The van der Waals surface area contributed by atoms with Crippen molar-refractivity contribution >= 4 is 5.91 Å². The van der Waals surface area contributed by atoms with Gasteiger partial charge in [0, 0.05) is 19.5 Å². The van der Waals surface area contributed by atoms with Crippen LogP contribution in [0.5, 0.6) is 0 Å². The van der Waals surface area contributed by atoms with Crippen LogP contribution in [0.15, 0.2) is 30.3 Å². The first kappa shape index (κ1) is 17.4. The highest BCUT2D eigenvalue weighted by atomic mass is 16.3. The fourth-order valence-corrected chi connectivity index (χ4v) is 4.29. The summed E-state index contributed by atoms with van der Waals surface area (Å²) < 4.78 is 0. The molecule has 4 heteroatoms. The third-order valence-electron chi connectivity index (χ3n) is 5.76. The fraction of sp³-hybridized carbons (Fsp3) is 0.650. The molecule has 1 aliphatic carbocycles. The lowest BCUT2D eigenvalue weighted by atomic mass is 9.86. The van der Waals surface area contributed by atoms with Gasteiger partial charge in [-0.15, -0.1) is 0 Å². The Morgan fingerprint density at radius 1 is 1.17 bits per heavy atom. The van der Waals surface area contributed by atoms with E-state index in [-0.39, 0.29) is 18.0 Å². The van der Waals surface area contributed by atoms with Crippen molar-refractivity contribution in [3.63, 3.8) is 0 Å². The molecule has 3 atom stereocenters. The summed E-state index contributed by atoms with van der Waals surface area (Å²) in [6, 6.07) is 10.3. The molecule has 24 heavy (non-hydrogen) atoms. The van der Waals surface area contributed by atoms with Crippen molar-refractivity contribution in [1.29, 1.82) is 0 Å². The largest absolute Gasteiger partial charge is 0.389 e. The average Bonchev–Trinajstić information content (AvgIpc) is 3.14. The van der Waals surface area contributed by atoms with E-state index in [0.29, 0.717) is 6.42 Å². The van der Waals surface area contributed by atoms with Crippen molar-refractivity contribution in [2.24, 2.45) is 0 Å². The normalized spacial score (nSPS) is 28.0. The molecule has 4 nitrogen and oxygen atoms in total. The Morgan fingerprint density at radius 2 is 1.88 bits per heavy atom. The molecule has 1 aliphatic heterocycles. The van der Waals surface area contributed by atoms with Crippen LogP contribution in [-0.4, -0.2) is 59.1 Å². The van der Waals surface area contributed by atoms with E-state index in [2.05, 4.69) is 17.0 Å². The van der Waals surface area contributed by atoms with Crippen molar-refractivity contribution in [1.82, 2.24) is 9.80 Å². The zero-order chi connectivity index (χ0) is 16.9.